The predicted octanol–water partition coefficient (Wildman–Crippen LogP) is 1.93. The molecule has 0 radical (unpaired) electrons. The molecule has 86 valence electrons. The van der Waals surface area contributed by atoms with Crippen LogP contribution in [0.25, 0.3) is 0 Å². The van der Waals surface area contributed by atoms with Gasteiger partial charge in [-0.15, -0.1) is 0 Å². The van der Waals surface area contributed by atoms with Gasteiger partial charge in [-0.05, 0) is 43.4 Å². The first-order chi connectivity index (χ1) is 7.66. The highest BCUT2D eigenvalue weighted by Crippen LogP contribution is 2.38. The fourth-order valence-corrected chi connectivity index (χ4v) is 3.45. The lowest BCUT2D eigenvalue weighted by Gasteiger charge is -2.34. The highest BCUT2D eigenvalue weighted by atomic mass is 15.2. The Morgan fingerprint density at radius 3 is 2.88 bits per heavy atom. The first-order valence-corrected chi connectivity index (χ1v) is 6.26. The largest absolute Gasteiger partial charge is 0.326 e. The fourth-order valence-electron chi connectivity index (χ4n) is 3.45. The Morgan fingerprint density at radius 2 is 2.06 bits per heavy atom. The van der Waals surface area contributed by atoms with Gasteiger partial charge in [0.2, 0.25) is 0 Å². The number of hydrogen-bond donors (Lipinski definition) is 1. The summed E-state index contributed by atoms with van der Waals surface area (Å²) in [5, 5.41) is 0. The van der Waals surface area contributed by atoms with Gasteiger partial charge in [0.15, 0.2) is 0 Å². The third-order valence-corrected chi connectivity index (χ3v) is 4.17. The summed E-state index contributed by atoms with van der Waals surface area (Å²) in [5.74, 6) is 0. The molecule has 2 nitrogen and oxygen atoms in total. The normalized spacial score (nSPS) is 28.9. The van der Waals surface area contributed by atoms with Gasteiger partial charge in [-0.1, -0.05) is 17.7 Å². The zero-order valence-corrected chi connectivity index (χ0v) is 10.2. The van der Waals surface area contributed by atoms with E-state index in [4.69, 9.17) is 5.73 Å². The highest BCUT2D eigenvalue weighted by Gasteiger charge is 2.37. The van der Waals surface area contributed by atoms with Crippen molar-refractivity contribution in [3.63, 3.8) is 0 Å². The summed E-state index contributed by atoms with van der Waals surface area (Å²) in [5.41, 5.74) is 12.2. The number of benzene rings is 1. The topological polar surface area (TPSA) is 29.3 Å². The van der Waals surface area contributed by atoms with Crippen LogP contribution < -0.4 is 5.73 Å². The van der Waals surface area contributed by atoms with Gasteiger partial charge in [0.25, 0.3) is 0 Å². The van der Waals surface area contributed by atoms with E-state index in [1.54, 1.807) is 5.56 Å². The van der Waals surface area contributed by atoms with Crippen LogP contribution in [0.2, 0.25) is 0 Å². The van der Waals surface area contributed by atoms with E-state index in [0.29, 0.717) is 12.1 Å². The van der Waals surface area contributed by atoms with E-state index in [9.17, 15) is 0 Å². The van der Waals surface area contributed by atoms with Crippen molar-refractivity contribution in [2.75, 3.05) is 13.1 Å². The van der Waals surface area contributed by atoms with Gasteiger partial charge < -0.3 is 5.73 Å². The molecule has 1 aromatic rings. The second-order valence-corrected chi connectivity index (χ2v) is 5.33. The van der Waals surface area contributed by atoms with Crippen molar-refractivity contribution >= 4 is 0 Å². The van der Waals surface area contributed by atoms with Crippen LogP contribution in [0.15, 0.2) is 12.1 Å². The molecule has 2 aliphatic heterocycles. The molecule has 1 saturated heterocycles. The summed E-state index contributed by atoms with van der Waals surface area (Å²) >= 11 is 0. The van der Waals surface area contributed by atoms with Crippen LogP contribution in [-0.4, -0.2) is 24.0 Å². The van der Waals surface area contributed by atoms with Crippen molar-refractivity contribution in [3.05, 3.63) is 34.4 Å². The number of rotatable bonds is 0. The van der Waals surface area contributed by atoms with E-state index >= 15 is 0 Å². The molecule has 0 aliphatic carbocycles. The fraction of sp³-hybridized carbons (Fsp3) is 0.571. The first kappa shape index (κ1) is 10.3. The Labute approximate surface area is 97.4 Å². The average molecular weight is 216 g/mol. The summed E-state index contributed by atoms with van der Waals surface area (Å²) in [6.45, 7) is 6.79. The summed E-state index contributed by atoms with van der Waals surface area (Å²) in [6, 6.07) is 5.47. The minimum Gasteiger partial charge on any atom is -0.326 e. The third kappa shape index (κ3) is 1.40. The molecule has 0 spiro atoms. The molecule has 0 saturated carbocycles. The lowest BCUT2D eigenvalue weighted by Crippen LogP contribution is -2.37. The van der Waals surface area contributed by atoms with Crippen molar-refractivity contribution in [1.82, 2.24) is 4.90 Å². The van der Waals surface area contributed by atoms with Crippen molar-refractivity contribution in [2.45, 2.75) is 38.8 Å². The summed E-state index contributed by atoms with van der Waals surface area (Å²) in [6.07, 6.45) is 2.35. The van der Waals surface area contributed by atoms with Gasteiger partial charge in [0.05, 0.1) is 6.04 Å². The average Bonchev–Trinajstić information content (AvgIpc) is 2.60. The minimum absolute atomic E-state index is 0.334. The number of aryl methyl sites for hydroxylation is 2. The third-order valence-electron chi connectivity index (χ3n) is 4.17. The monoisotopic (exact) mass is 216 g/mol. The van der Waals surface area contributed by atoms with Crippen molar-refractivity contribution < 1.29 is 0 Å². The molecule has 1 fully saturated rings. The maximum Gasteiger partial charge on any atom is 0.0502 e. The first-order valence-electron chi connectivity index (χ1n) is 6.26. The second kappa shape index (κ2) is 3.57. The number of nitrogens with zero attached hydrogens (tertiary/aromatic N) is 1. The molecule has 3 rings (SSSR count). The summed E-state index contributed by atoms with van der Waals surface area (Å²) in [7, 11) is 0. The van der Waals surface area contributed by atoms with Crippen molar-refractivity contribution in [3.8, 4) is 0 Å². The highest BCUT2D eigenvalue weighted by molar-refractivity contribution is 5.43. The molecular weight excluding hydrogens is 196 g/mol. The van der Waals surface area contributed by atoms with Gasteiger partial charge in [-0.2, -0.15) is 0 Å². The van der Waals surface area contributed by atoms with Gasteiger partial charge in [0.1, 0.15) is 0 Å². The SMILES string of the molecule is Cc1cc(C)c2c(c1)C1C(N)CCN1CC2. The van der Waals surface area contributed by atoms with Gasteiger partial charge in [0, 0.05) is 19.1 Å². The van der Waals surface area contributed by atoms with Gasteiger partial charge in [-0.25, -0.2) is 0 Å². The molecule has 2 aliphatic rings. The maximum absolute atomic E-state index is 6.26. The summed E-state index contributed by atoms with van der Waals surface area (Å²) in [4.78, 5) is 2.56. The van der Waals surface area contributed by atoms with Crippen molar-refractivity contribution in [1.29, 1.82) is 0 Å². The van der Waals surface area contributed by atoms with Gasteiger partial charge in [-0.3, -0.25) is 4.90 Å². The standard InChI is InChI=1S/C14H20N2/c1-9-7-10(2)11-3-5-16-6-4-13(15)14(16)12(11)8-9/h7-8,13-14H,3-6,15H2,1-2H3. The van der Waals surface area contributed by atoms with E-state index in [0.717, 1.165) is 6.42 Å². The minimum atomic E-state index is 0.334. The van der Waals surface area contributed by atoms with E-state index in [1.165, 1.54) is 36.2 Å². The molecule has 2 N–H and O–H groups in total. The molecule has 2 unspecified atom stereocenters. The molecule has 2 heterocycles. The quantitative estimate of drug-likeness (QED) is 0.718. The van der Waals surface area contributed by atoms with Crippen LogP contribution in [0.4, 0.5) is 0 Å². The zero-order chi connectivity index (χ0) is 11.3. The number of nitrogens with two attached hydrogens (primary N) is 1. The van der Waals surface area contributed by atoms with E-state index in [2.05, 4.69) is 30.9 Å². The Bertz CT molecular complexity index is 425. The van der Waals surface area contributed by atoms with Crippen LogP contribution >= 0.6 is 0 Å². The Morgan fingerprint density at radius 1 is 1.25 bits per heavy atom. The molecule has 16 heavy (non-hydrogen) atoms. The predicted molar refractivity (Wildman–Crippen MR) is 66.5 cm³/mol. The Hall–Kier alpha value is -0.860. The molecule has 0 bridgehead atoms. The summed E-state index contributed by atoms with van der Waals surface area (Å²) < 4.78 is 0. The number of hydrogen-bond acceptors (Lipinski definition) is 2. The van der Waals surface area contributed by atoms with Crippen LogP contribution in [0.3, 0.4) is 0 Å². The van der Waals surface area contributed by atoms with Gasteiger partial charge >= 0.3 is 0 Å². The van der Waals surface area contributed by atoms with E-state index in [-0.39, 0.29) is 0 Å². The molecule has 2 atom stereocenters. The number of fused-ring (bicyclic) bond motifs is 3. The van der Waals surface area contributed by atoms with Crippen LogP contribution in [0.5, 0.6) is 0 Å². The lowest BCUT2D eigenvalue weighted by molar-refractivity contribution is 0.234. The van der Waals surface area contributed by atoms with Crippen LogP contribution in [0, 0.1) is 13.8 Å². The Kier molecular flexibility index (Phi) is 2.30. The Balaban J connectivity index is 2.13. The molecule has 0 aromatic heterocycles. The van der Waals surface area contributed by atoms with E-state index in [1.807, 2.05) is 0 Å². The molecular formula is C14H20N2. The molecule has 2 heteroatoms. The zero-order valence-electron chi connectivity index (χ0n) is 10.2. The lowest BCUT2D eigenvalue weighted by atomic mass is 9.87. The smallest absolute Gasteiger partial charge is 0.0502 e. The molecule has 0 amide bonds. The maximum atomic E-state index is 6.26. The van der Waals surface area contributed by atoms with E-state index < -0.39 is 0 Å². The van der Waals surface area contributed by atoms with Crippen LogP contribution in [0.1, 0.15) is 34.7 Å². The molecule has 1 aromatic carbocycles. The second-order valence-electron chi connectivity index (χ2n) is 5.33. The van der Waals surface area contributed by atoms with Crippen molar-refractivity contribution in [2.24, 2.45) is 5.73 Å². The van der Waals surface area contributed by atoms with Crippen LogP contribution in [-0.2, 0) is 6.42 Å².